The molecule has 1 fully saturated rings. The van der Waals surface area contributed by atoms with E-state index in [1.54, 1.807) is 12.1 Å². The van der Waals surface area contributed by atoms with E-state index >= 15 is 0 Å². The van der Waals surface area contributed by atoms with Crippen LogP contribution in [0.5, 0.6) is 0 Å². The first-order valence-electron chi connectivity index (χ1n) is 9.36. The lowest BCUT2D eigenvalue weighted by atomic mass is 10.1. The number of carboxylic acid groups (broad SMARTS) is 1. The summed E-state index contributed by atoms with van der Waals surface area (Å²) < 4.78 is 27.8. The van der Waals surface area contributed by atoms with Crippen LogP contribution in [0.15, 0.2) is 41.8 Å². The summed E-state index contributed by atoms with van der Waals surface area (Å²) >= 11 is 0. The van der Waals surface area contributed by atoms with Gasteiger partial charge in [0.05, 0.1) is 23.8 Å². The number of aliphatic hydroxyl groups excluding tert-OH is 1. The minimum absolute atomic E-state index is 0.00901. The minimum atomic E-state index is -3.50. The molecule has 2 N–H and O–H groups in total. The molecule has 1 saturated heterocycles. The van der Waals surface area contributed by atoms with E-state index < -0.39 is 30.3 Å². The van der Waals surface area contributed by atoms with Gasteiger partial charge in [-0.15, -0.1) is 17.6 Å². The number of carboxylic acids is 1. The van der Waals surface area contributed by atoms with E-state index in [2.05, 4.69) is 17.6 Å². The van der Waals surface area contributed by atoms with Crippen molar-refractivity contribution in [1.82, 2.24) is 4.90 Å². The molecular formula is C22H23F2NO4. The molecule has 0 spiro atoms. The van der Waals surface area contributed by atoms with E-state index in [1.807, 2.05) is 6.92 Å². The zero-order chi connectivity index (χ0) is 21.4. The molecule has 154 valence electrons. The number of carbonyl (C=O) groups is 2. The molecule has 0 radical (unpaired) electrons. The van der Waals surface area contributed by atoms with Gasteiger partial charge in [-0.25, -0.2) is 4.79 Å². The molecule has 1 aliphatic heterocycles. The van der Waals surface area contributed by atoms with Gasteiger partial charge in [0.25, 0.3) is 5.91 Å². The van der Waals surface area contributed by atoms with Crippen LogP contribution < -0.4 is 0 Å². The van der Waals surface area contributed by atoms with Crippen LogP contribution in [0.1, 0.15) is 48.5 Å². The molecule has 0 bridgehead atoms. The van der Waals surface area contributed by atoms with Crippen LogP contribution in [0.2, 0.25) is 0 Å². The smallest absolute Gasteiger partial charge is 0.335 e. The van der Waals surface area contributed by atoms with Gasteiger partial charge in [0.15, 0.2) is 0 Å². The van der Waals surface area contributed by atoms with Crippen LogP contribution in [-0.4, -0.2) is 45.6 Å². The van der Waals surface area contributed by atoms with Crippen LogP contribution in [0, 0.1) is 11.8 Å². The van der Waals surface area contributed by atoms with E-state index in [9.17, 15) is 23.5 Å². The van der Waals surface area contributed by atoms with Gasteiger partial charge in [0.1, 0.15) is 0 Å². The highest BCUT2D eigenvalue weighted by molar-refractivity contribution is 5.88. The maximum atomic E-state index is 13.9. The number of halogens is 2. The van der Waals surface area contributed by atoms with Gasteiger partial charge in [-0.1, -0.05) is 19.1 Å². The number of hydrogen-bond donors (Lipinski definition) is 2. The third-order valence-corrected chi connectivity index (χ3v) is 4.41. The van der Waals surface area contributed by atoms with Gasteiger partial charge >= 0.3 is 11.9 Å². The number of nitrogens with zero attached hydrogens (tertiary/aromatic N) is 1. The molecule has 1 atom stereocenters. The minimum Gasteiger partial charge on any atom is -0.478 e. The first kappa shape index (κ1) is 22.4. The number of aliphatic hydroxyl groups is 1. The molecule has 0 saturated carbocycles. The Morgan fingerprint density at radius 2 is 2.00 bits per heavy atom. The summed E-state index contributed by atoms with van der Waals surface area (Å²) in [7, 11) is 0. The van der Waals surface area contributed by atoms with Crippen molar-refractivity contribution in [3.8, 4) is 11.8 Å². The summed E-state index contributed by atoms with van der Waals surface area (Å²) in [6, 6.07) is 6.02. The Morgan fingerprint density at radius 3 is 2.62 bits per heavy atom. The fraction of sp³-hybridized carbons (Fsp3) is 0.409. The average Bonchev–Trinajstić information content (AvgIpc) is 2.91. The molecule has 0 aliphatic carbocycles. The molecule has 1 heterocycles. The van der Waals surface area contributed by atoms with E-state index in [0.29, 0.717) is 12.8 Å². The number of carbonyl (C=O) groups excluding carboxylic acids is 1. The molecule has 5 nitrogen and oxygen atoms in total. The molecule has 1 aromatic carbocycles. The van der Waals surface area contributed by atoms with Gasteiger partial charge in [-0.2, -0.15) is 8.78 Å². The number of alkyl halides is 2. The fourth-order valence-electron chi connectivity index (χ4n) is 2.83. The number of likely N-dealkylation sites (tertiary alicyclic amines) is 1. The highest BCUT2D eigenvalue weighted by Gasteiger charge is 2.50. The average molecular weight is 403 g/mol. The van der Waals surface area contributed by atoms with Crippen molar-refractivity contribution in [2.45, 2.75) is 51.1 Å². The topological polar surface area (TPSA) is 77.8 Å². The normalized spacial score (nSPS) is 16.1. The molecule has 0 aromatic heterocycles. The summed E-state index contributed by atoms with van der Waals surface area (Å²) in [5.74, 6) is -0.0795. The Hall–Kier alpha value is -2.94. The molecule has 1 amide bonds. The Labute approximate surface area is 168 Å². The lowest BCUT2D eigenvalue weighted by Crippen LogP contribution is -2.34. The SMILES string of the molecule is CCC#CCC[C@H](O)C=C=C1CC(F)(F)C(=O)N1CCc1ccc(C(=O)O)cc1. The second kappa shape index (κ2) is 10.0. The van der Waals surface area contributed by atoms with Gasteiger partial charge in [-0.05, 0) is 36.6 Å². The molecule has 7 heteroatoms. The summed E-state index contributed by atoms with van der Waals surface area (Å²) in [6.07, 6.45) is 1.47. The Morgan fingerprint density at radius 1 is 1.31 bits per heavy atom. The highest BCUT2D eigenvalue weighted by atomic mass is 19.3. The van der Waals surface area contributed by atoms with Crippen molar-refractivity contribution in [1.29, 1.82) is 0 Å². The Balaban J connectivity index is 2.09. The summed E-state index contributed by atoms with van der Waals surface area (Å²) in [5.41, 5.74) is 3.53. The van der Waals surface area contributed by atoms with Crippen molar-refractivity contribution >= 4 is 11.9 Å². The van der Waals surface area contributed by atoms with Gasteiger partial charge in [0, 0.05) is 19.4 Å². The zero-order valence-electron chi connectivity index (χ0n) is 16.1. The van der Waals surface area contributed by atoms with Crippen LogP contribution in [-0.2, 0) is 11.2 Å². The predicted octanol–water partition coefficient (Wildman–Crippen LogP) is 3.39. The summed E-state index contributed by atoms with van der Waals surface area (Å²) in [4.78, 5) is 23.9. The van der Waals surface area contributed by atoms with E-state index in [1.165, 1.54) is 18.2 Å². The van der Waals surface area contributed by atoms with Gasteiger partial charge < -0.3 is 15.1 Å². The Kier molecular flexibility index (Phi) is 7.72. The number of hydrogen-bond acceptors (Lipinski definition) is 3. The summed E-state index contributed by atoms with van der Waals surface area (Å²) in [5, 5.41) is 18.8. The molecular weight excluding hydrogens is 380 g/mol. The fourth-order valence-corrected chi connectivity index (χ4v) is 2.83. The van der Waals surface area contributed by atoms with E-state index in [4.69, 9.17) is 5.11 Å². The highest BCUT2D eigenvalue weighted by Crippen LogP contribution is 2.35. The molecule has 1 aromatic rings. The third-order valence-electron chi connectivity index (χ3n) is 4.41. The number of rotatable bonds is 7. The molecule has 29 heavy (non-hydrogen) atoms. The van der Waals surface area contributed by atoms with Crippen molar-refractivity contribution < 1.29 is 28.6 Å². The predicted molar refractivity (Wildman–Crippen MR) is 103 cm³/mol. The largest absolute Gasteiger partial charge is 0.478 e. The first-order chi connectivity index (χ1) is 13.7. The Bertz CT molecular complexity index is 874. The maximum Gasteiger partial charge on any atom is 0.335 e. The standard InChI is InChI=1S/C22H23F2NO4/c1-2-3-4-5-6-19(26)12-11-18-15-22(23,24)21(29)25(18)14-13-16-7-9-17(10-8-16)20(27)28/h7-10,12,19,26H,2,5-6,13-15H2,1H3,(H,27,28)/t11?,19-/m0/s1. The number of aromatic carboxylic acids is 1. The lowest BCUT2D eigenvalue weighted by Gasteiger charge is -2.16. The zero-order valence-corrected chi connectivity index (χ0v) is 16.1. The molecule has 0 unspecified atom stereocenters. The van der Waals surface area contributed by atoms with E-state index in [0.717, 1.165) is 16.9 Å². The van der Waals surface area contributed by atoms with Gasteiger partial charge in [-0.3, -0.25) is 4.79 Å². The second-order valence-corrected chi connectivity index (χ2v) is 6.66. The summed E-state index contributed by atoms with van der Waals surface area (Å²) in [6.45, 7) is 1.93. The van der Waals surface area contributed by atoms with Crippen molar-refractivity contribution in [3.05, 3.63) is 52.9 Å². The first-order valence-corrected chi connectivity index (χ1v) is 9.36. The lowest BCUT2D eigenvalue weighted by molar-refractivity contribution is -0.147. The van der Waals surface area contributed by atoms with Crippen LogP contribution >= 0.6 is 0 Å². The monoisotopic (exact) mass is 403 g/mol. The quantitative estimate of drug-likeness (QED) is 0.540. The number of amides is 1. The van der Waals surface area contributed by atoms with Crippen LogP contribution in [0.25, 0.3) is 0 Å². The van der Waals surface area contributed by atoms with Crippen molar-refractivity contribution in [2.75, 3.05) is 6.54 Å². The molecule has 2 rings (SSSR count). The van der Waals surface area contributed by atoms with E-state index in [-0.39, 0.29) is 24.2 Å². The molecule has 1 aliphatic rings. The van der Waals surface area contributed by atoms with Gasteiger partial charge in [0.2, 0.25) is 0 Å². The maximum absolute atomic E-state index is 13.9. The van der Waals surface area contributed by atoms with Crippen LogP contribution in [0.4, 0.5) is 8.78 Å². The van der Waals surface area contributed by atoms with Crippen LogP contribution in [0.3, 0.4) is 0 Å². The third kappa shape index (κ3) is 6.28. The number of benzene rings is 1. The van der Waals surface area contributed by atoms with Crippen molar-refractivity contribution in [2.24, 2.45) is 0 Å². The second-order valence-electron chi connectivity index (χ2n) is 6.66. The van der Waals surface area contributed by atoms with Crippen molar-refractivity contribution in [3.63, 3.8) is 0 Å².